The van der Waals surface area contributed by atoms with Gasteiger partial charge in [-0.1, -0.05) is 30.3 Å². The normalized spacial score (nSPS) is 15.5. The van der Waals surface area contributed by atoms with Crippen molar-refractivity contribution in [2.75, 3.05) is 6.61 Å². The molecule has 0 aliphatic carbocycles. The van der Waals surface area contributed by atoms with Crippen molar-refractivity contribution >= 4 is 18.0 Å². The Balaban J connectivity index is 1.86. The van der Waals surface area contributed by atoms with Crippen LogP contribution in [0.25, 0.3) is 6.08 Å². The fourth-order valence-corrected chi connectivity index (χ4v) is 2.60. The summed E-state index contributed by atoms with van der Waals surface area (Å²) in [6.07, 6.45) is 1.36. The highest BCUT2D eigenvalue weighted by atomic mass is 19.1. The summed E-state index contributed by atoms with van der Waals surface area (Å²) in [5.41, 5.74) is 0.557. The molecule has 1 heterocycles. The number of imide groups is 1. The van der Waals surface area contributed by atoms with Gasteiger partial charge in [0.05, 0.1) is 13.2 Å². The summed E-state index contributed by atoms with van der Waals surface area (Å²) in [5, 5.41) is 12.7. The molecule has 2 aromatic carbocycles. The first-order chi connectivity index (χ1) is 12.5. The lowest BCUT2D eigenvalue weighted by atomic mass is 10.1. The smallest absolute Gasteiger partial charge is 0.329 e. The van der Waals surface area contributed by atoms with Gasteiger partial charge >= 0.3 is 6.03 Å². The molecular weight excluding hydrogens is 339 g/mol. The lowest BCUT2D eigenvalue weighted by molar-refractivity contribution is -0.123. The minimum absolute atomic E-state index is 0.00436. The molecular formula is C19H17FN2O4. The molecule has 0 spiro atoms. The number of para-hydroxylation sites is 1. The number of hydrogen-bond donors (Lipinski definition) is 2. The highest BCUT2D eigenvalue weighted by molar-refractivity contribution is 6.14. The maximum Gasteiger partial charge on any atom is 0.329 e. The molecule has 0 atom stereocenters. The van der Waals surface area contributed by atoms with Crippen LogP contribution in [-0.2, 0) is 11.3 Å². The van der Waals surface area contributed by atoms with Crippen molar-refractivity contribution in [1.29, 1.82) is 0 Å². The topological polar surface area (TPSA) is 78.9 Å². The monoisotopic (exact) mass is 356 g/mol. The fourth-order valence-electron chi connectivity index (χ4n) is 2.60. The zero-order chi connectivity index (χ0) is 18.7. The molecule has 1 aliphatic heterocycles. The molecule has 1 fully saturated rings. The van der Waals surface area contributed by atoms with Crippen LogP contribution < -0.4 is 10.1 Å². The molecule has 2 N–H and O–H groups in total. The maximum atomic E-state index is 13.8. The number of hydrogen-bond acceptors (Lipinski definition) is 4. The summed E-state index contributed by atoms with van der Waals surface area (Å²) in [6.45, 7) is 1.98. The first-order valence-corrected chi connectivity index (χ1v) is 8.04. The van der Waals surface area contributed by atoms with Crippen LogP contribution in [0, 0.1) is 5.82 Å². The van der Waals surface area contributed by atoms with Gasteiger partial charge in [0.1, 0.15) is 11.5 Å². The fraction of sp³-hybridized carbons (Fsp3) is 0.158. The number of nitrogens with one attached hydrogen (secondary N) is 1. The van der Waals surface area contributed by atoms with Crippen LogP contribution in [0.2, 0.25) is 0 Å². The molecule has 0 aromatic heterocycles. The second kappa shape index (κ2) is 7.26. The van der Waals surface area contributed by atoms with Crippen molar-refractivity contribution in [1.82, 2.24) is 10.2 Å². The van der Waals surface area contributed by atoms with Gasteiger partial charge in [0.2, 0.25) is 0 Å². The van der Waals surface area contributed by atoms with Gasteiger partial charge < -0.3 is 15.2 Å². The molecule has 2 aromatic rings. The van der Waals surface area contributed by atoms with Crippen molar-refractivity contribution in [3.8, 4) is 11.5 Å². The Labute approximate surface area is 149 Å². The van der Waals surface area contributed by atoms with E-state index in [9.17, 15) is 19.1 Å². The number of benzene rings is 2. The zero-order valence-corrected chi connectivity index (χ0v) is 14.0. The number of carbonyl (C=O) groups excluding carboxylic acids is 2. The quantitative estimate of drug-likeness (QED) is 0.638. The van der Waals surface area contributed by atoms with Crippen molar-refractivity contribution in [2.45, 2.75) is 13.5 Å². The summed E-state index contributed by atoms with van der Waals surface area (Å²) in [7, 11) is 0. The highest BCUT2D eigenvalue weighted by Gasteiger charge is 2.34. The predicted molar refractivity (Wildman–Crippen MR) is 92.7 cm³/mol. The second-order valence-electron chi connectivity index (χ2n) is 5.60. The SMILES string of the molecule is CCOc1cccc(C=C2NC(=O)N(Cc3ccccc3F)C2=O)c1O. The average molecular weight is 356 g/mol. The van der Waals surface area contributed by atoms with E-state index < -0.39 is 17.8 Å². The molecule has 0 bridgehead atoms. The molecule has 7 heteroatoms. The van der Waals surface area contributed by atoms with E-state index in [1.165, 1.54) is 24.3 Å². The van der Waals surface area contributed by atoms with Gasteiger partial charge in [0.15, 0.2) is 11.5 Å². The third-order valence-corrected chi connectivity index (χ3v) is 3.88. The van der Waals surface area contributed by atoms with E-state index in [0.717, 1.165) is 4.90 Å². The number of ether oxygens (including phenoxy) is 1. The van der Waals surface area contributed by atoms with E-state index in [1.54, 1.807) is 31.2 Å². The molecule has 0 radical (unpaired) electrons. The third kappa shape index (κ3) is 3.37. The Bertz CT molecular complexity index is 895. The molecule has 3 amide bonds. The summed E-state index contributed by atoms with van der Waals surface area (Å²) >= 11 is 0. The van der Waals surface area contributed by atoms with Gasteiger partial charge in [-0.05, 0) is 25.1 Å². The van der Waals surface area contributed by atoms with Crippen molar-refractivity contribution in [3.05, 3.63) is 65.1 Å². The Kier molecular flexibility index (Phi) is 4.88. The minimum atomic E-state index is -0.648. The minimum Gasteiger partial charge on any atom is -0.504 e. The first-order valence-electron chi connectivity index (χ1n) is 8.04. The second-order valence-corrected chi connectivity index (χ2v) is 5.60. The summed E-state index contributed by atoms with van der Waals surface area (Å²) in [4.78, 5) is 25.5. The van der Waals surface area contributed by atoms with Crippen LogP contribution in [0.15, 0.2) is 48.2 Å². The Hall–Kier alpha value is -3.35. The standard InChI is InChI=1S/C19H17FN2O4/c1-2-26-16-9-5-7-12(17(16)23)10-15-18(24)22(19(25)21-15)11-13-6-3-4-8-14(13)20/h3-10,23H,2,11H2,1H3,(H,21,25). The molecule has 26 heavy (non-hydrogen) atoms. The first kappa shape index (κ1) is 17.5. The molecule has 134 valence electrons. The average Bonchev–Trinajstić information content (AvgIpc) is 2.88. The van der Waals surface area contributed by atoms with E-state index in [0.29, 0.717) is 12.2 Å². The van der Waals surface area contributed by atoms with E-state index in [-0.39, 0.29) is 29.3 Å². The number of rotatable bonds is 5. The maximum absolute atomic E-state index is 13.8. The molecule has 6 nitrogen and oxygen atoms in total. The largest absolute Gasteiger partial charge is 0.504 e. The highest BCUT2D eigenvalue weighted by Crippen LogP contribution is 2.31. The van der Waals surface area contributed by atoms with Crippen LogP contribution in [-0.4, -0.2) is 28.6 Å². The number of nitrogens with zero attached hydrogens (tertiary/aromatic N) is 1. The van der Waals surface area contributed by atoms with E-state index >= 15 is 0 Å². The number of phenols is 1. The van der Waals surface area contributed by atoms with Crippen LogP contribution in [0.4, 0.5) is 9.18 Å². The van der Waals surface area contributed by atoms with E-state index in [4.69, 9.17) is 4.74 Å². The summed E-state index contributed by atoms with van der Waals surface area (Å²) < 4.78 is 19.1. The number of aromatic hydroxyl groups is 1. The number of amides is 3. The molecule has 3 rings (SSSR count). The number of halogens is 1. The predicted octanol–water partition coefficient (Wildman–Crippen LogP) is 3.02. The summed E-state index contributed by atoms with van der Waals surface area (Å²) in [5.74, 6) is -0.939. The molecule has 1 saturated heterocycles. The van der Waals surface area contributed by atoms with Crippen LogP contribution >= 0.6 is 0 Å². The lowest BCUT2D eigenvalue weighted by Crippen LogP contribution is -2.30. The van der Waals surface area contributed by atoms with Gasteiger partial charge in [-0.3, -0.25) is 9.69 Å². The van der Waals surface area contributed by atoms with Crippen LogP contribution in [0.3, 0.4) is 0 Å². The van der Waals surface area contributed by atoms with Gasteiger partial charge in [0, 0.05) is 11.1 Å². The molecule has 0 unspecified atom stereocenters. The van der Waals surface area contributed by atoms with E-state index in [2.05, 4.69) is 5.32 Å². The summed E-state index contributed by atoms with van der Waals surface area (Å²) in [6, 6.07) is 10.1. The van der Waals surface area contributed by atoms with Crippen molar-refractivity contribution in [2.24, 2.45) is 0 Å². The van der Waals surface area contributed by atoms with E-state index in [1.807, 2.05) is 0 Å². The number of urea groups is 1. The van der Waals surface area contributed by atoms with Gasteiger partial charge in [-0.2, -0.15) is 0 Å². The van der Waals surface area contributed by atoms with Gasteiger partial charge in [-0.25, -0.2) is 9.18 Å². The lowest BCUT2D eigenvalue weighted by Gasteiger charge is -2.12. The number of phenolic OH excluding ortho intramolecular Hbond substituents is 1. The van der Waals surface area contributed by atoms with Crippen molar-refractivity contribution in [3.63, 3.8) is 0 Å². The van der Waals surface area contributed by atoms with Crippen LogP contribution in [0.1, 0.15) is 18.1 Å². The van der Waals surface area contributed by atoms with Gasteiger partial charge in [-0.15, -0.1) is 0 Å². The van der Waals surface area contributed by atoms with Gasteiger partial charge in [0.25, 0.3) is 5.91 Å². The van der Waals surface area contributed by atoms with Crippen molar-refractivity contribution < 1.29 is 23.8 Å². The Morgan fingerprint density at radius 2 is 1.96 bits per heavy atom. The Morgan fingerprint density at radius 1 is 1.19 bits per heavy atom. The Morgan fingerprint density at radius 3 is 2.69 bits per heavy atom. The molecule has 0 saturated carbocycles. The zero-order valence-electron chi connectivity index (χ0n) is 14.0. The number of carbonyl (C=O) groups is 2. The molecule has 1 aliphatic rings. The third-order valence-electron chi connectivity index (χ3n) is 3.88. The van der Waals surface area contributed by atoms with Crippen LogP contribution in [0.5, 0.6) is 11.5 Å².